The molecule has 3 rings (SSSR count). The third-order valence-electron chi connectivity index (χ3n) is 6.34. The van der Waals surface area contributed by atoms with Gasteiger partial charge >= 0.3 is 6.18 Å². The number of alkyl halides is 3. The fraction of sp³-hybridized carbons (Fsp3) is 0.400. The Morgan fingerprint density at radius 2 is 1.86 bits per heavy atom. The van der Waals surface area contributed by atoms with Crippen molar-refractivity contribution in [1.29, 1.82) is 0 Å². The van der Waals surface area contributed by atoms with E-state index in [1.807, 2.05) is 19.0 Å². The molecule has 0 aliphatic heterocycles. The Kier molecular flexibility index (Phi) is 8.69. The molecule has 0 bridgehead atoms. The Labute approximate surface area is 217 Å². The summed E-state index contributed by atoms with van der Waals surface area (Å²) in [5.74, 6) is -0.905. The zero-order chi connectivity index (χ0) is 26.7. The summed E-state index contributed by atoms with van der Waals surface area (Å²) in [5, 5.41) is 5.85. The number of aromatic nitrogens is 1. The quantitative estimate of drug-likeness (QED) is 0.448. The summed E-state index contributed by atoms with van der Waals surface area (Å²) in [5.41, 5.74) is -0.866. The molecule has 1 heterocycles. The molecule has 1 aromatic heterocycles. The van der Waals surface area contributed by atoms with Crippen LogP contribution in [0.15, 0.2) is 42.7 Å². The van der Waals surface area contributed by atoms with E-state index in [1.165, 1.54) is 25.5 Å². The second kappa shape index (κ2) is 11.2. The van der Waals surface area contributed by atoms with E-state index in [9.17, 15) is 22.8 Å². The average molecular weight is 543 g/mol. The maximum absolute atomic E-state index is 13.9. The zero-order valence-corrected chi connectivity index (χ0v) is 21.6. The molecule has 1 saturated carbocycles. The Bertz CT molecular complexity index is 1160. The van der Waals surface area contributed by atoms with Crippen LogP contribution in [0.1, 0.15) is 34.3 Å². The maximum Gasteiger partial charge on any atom is 0.398 e. The van der Waals surface area contributed by atoms with Gasteiger partial charge in [0.25, 0.3) is 5.91 Å². The van der Waals surface area contributed by atoms with Crippen LogP contribution in [0.3, 0.4) is 0 Å². The van der Waals surface area contributed by atoms with Gasteiger partial charge in [-0.3, -0.25) is 14.6 Å². The van der Waals surface area contributed by atoms with Crippen molar-refractivity contribution in [2.75, 3.05) is 27.7 Å². The molecule has 1 atom stereocenters. The number of halogens is 5. The molecule has 36 heavy (non-hydrogen) atoms. The van der Waals surface area contributed by atoms with Crippen LogP contribution in [0.4, 0.5) is 13.2 Å². The van der Waals surface area contributed by atoms with Gasteiger partial charge in [-0.25, -0.2) is 0 Å². The van der Waals surface area contributed by atoms with Gasteiger partial charge in [-0.05, 0) is 68.3 Å². The van der Waals surface area contributed by atoms with Gasteiger partial charge in [0.1, 0.15) is 0 Å². The molecule has 0 spiro atoms. The number of benzene rings is 1. The number of nitrogens with one attached hydrogen (secondary N) is 2. The first-order chi connectivity index (χ1) is 16.9. The van der Waals surface area contributed by atoms with Crippen LogP contribution in [0.5, 0.6) is 0 Å². The molecule has 6 nitrogen and oxygen atoms in total. The monoisotopic (exact) mass is 542 g/mol. The predicted molar refractivity (Wildman–Crippen MR) is 134 cm³/mol. The predicted octanol–water partition coefficient (Wildman–Crippen LogP) is 4.76. The highest BCUT2D eigenvalue weighted by Crippen LogP contribution is 2.64. The van der Waals surface area contributed by atoms with Crippen LogP contribution < -0.4 is 10.6 Å². The largest absolute Gasteiger partial charge is 0.398 e. The Balaban J connectivity index is 1.78. The summed E-state index contributed by atoms with van der Waals surface area (Å²) in [6.45, 7) is 0.163. The van der Waals surface area contributed by atoms with E-state index < -0.39 is 17.5 Å². The highest BCUT2D eigenvalue weighted by Gasteiger charge is 2.65. The van der Waals surface area contributed by atoms with Crippen LogP contribution in [-0.2, 0) is 11.2 Å². The molecular weight excluding hydrogens is 516 g/mol. The third kappa shape index (κ3) is 6.38. The molecule has 0 saturated heterocycles. The number of likely N-dealkylation sites (N-methyl/N-ethyl adjacent to an activating group) is 1. The minimum Gasteiger partial charge on any atom is -0.355 e. The number of rotatable bonds is 9. The van der Waals surface area contributed by atoms with Crippen LogP contribution in [0.25, 0.3) is 5.57 Å². The van der Waals surface area contributed by atoms with Crippen molar-refractivity contribution in [2.45, 2.75) is 31.5 Å². The maximum atomic E-state index is 13.9. The molecular formula is C25H27Cl2F3N4O2. The summed E-state index contributed by atoms with van der Waals surface area (Å²) in [6, 6.07) is 6.15. The van der Waals surface area contributed by atoms with Gasteiger partial charge in [-0.2, -0.15) is 13.2 Å². The van der Waals surface area contributed by atoms with Crippen molar-refractivity contribution in [3.8, 4) is 0 Å². The number of allylic oxidation sites excluding steroid dienone is 1. The molecule has 1 fully saturated rings. The fourth-order valence-electron chi connectivity index (χ4n) is 3.98. The van der Waals surface area contributed by atoms with Crippen molar-refractivity contribution in [3.63, 3.8) is 0 Å². The van der Waals surface area contributed by atoms with Gasteiger partial charge < -0.3 is 15.5 Å². The Morgan fingerprint density at radius 1 is 1.17 bits per heavy atom. The van der Waals surface area contributed by atoms with Crippen molar-refractivity contribution in [2.24, 2.45) is 5.41 Å². The van der Waals surface area contributed by atoms with Crippen molar-refractivity contribution in [3.05, 3.63) is 69.5 Å². The molecule has 0 radical (unpaired) electrons. The normalized spacial score (nSPS) is 16.0. The number of amides is 2. The standard InChI is InChI=1S/C25H27Cl2F3N4O2/c1-31-23(36)16-5-4-15(21(27)10-16)9-19(34(2)3)14-33-22(35)11-20(17-8-18(26)13-32-12-17)24(6-7-24)25(28,29)30/h4-5,8,10-13,19H,6-7,9,14H2,1-3H3,(H,31,36)(H,33,35)/b20-11-/t19-/m0/s1. The van der Waals surface area contributed by atoms with Gasteiger partial charge in [-0.15, -0.1) is 0 Å². The summed E-state index contributed by atoms with van der Waals surface area (Å²) in [6.07, 6.45) is -0.661. The number of hydrogen-bond donors (Lipinski definition) is 2. The van der Waals surface area contributed by atoms with Crippen LogP contribution in [0, 0.1) is 5.41 Å². The highest BCUT2D eigenvalue weighted by atomic mass is 35.5. The molecule has 1 aliphatic carbocycles. The molecule has 194 valence electrons. The average Bonchev–Trinajstić information content (AvgIpc) is 3.62. The lowest BCUT2D eigenvalue weighted by Crippen LogP contribution is -2.41. The summed E-state index contributed by atoms with van der Waals surface area (Å²) >= 11 is 12.3. The van der Waals surface area contributed by atoms with Gasteiger partial charge in [0.2, 0.25) is 5.91 Å². The molecule has 1 aromatic carbocycles. The van der Waals surface area contributed by atoms with Crippen molar-refractivity contribution >= 4 is 40.6 Å². The summed E-state index contributed by atoms with van der Waals surface area (Å²) in [4.78, 5) is 30.4. The second-order valence-electron chi connectivity index (χ2n) is 8.98. The first kappa shape index (κ1) is 28.0. The van der Waals surface area contributed by atoms with Crippen LogP contribution >= 0.6 is 23.2 Å². The highest BCUT2D eigenvalue weighted by molar-refractivity contribution is 6.31. The number of pyridine rings is 1. The lowest BCUT2D eigenvalue weighted by molar-refractivity contribution is -0.168. The van der Waals surface area contributed by atoms with Crippen molar-refractivity contribution < 1.29 is 22.8 Å². The zero-order valence-electron chi connectivity index (χ0n) is 20.0. The van der Waals surface area contributed by atoms with E-state index in [0.717, 1.165) is 11.6 Å². The van der Waals surface area contributed by atoms with Gasteiger partial charge in [-0.1, -0.05) is 29.3 Å². The van der Waals surface area contributed by atoms with Crippen molar-refractivity contribution in [1.82, 2.24) is 20.5 Å². The fourth-order valence-corrected chi connectivity index (χ4v) is 4.41. The molecule has 2 aromatic rings. The second-order valence-corrected chi connectivity index (χ2v) is 9.83. The van der Waals surface area contributed by atoms with E-state index >= 15 is 0 Å². The van der Waals surface area contributed by atoms with E-state index in [2.05, 4.69) is 15.6 Å². The lowest BCUT2D eigenvalue weighted by Gasteiger charge is -2.26. The molecule has 2 amide bonds. The van der Waals surface area contributed by atoms with Gasteiger partial charge in [0.05, 0.1) is 10.4 Å². The molecule has 0 unspecified atom stereocenters. The molecule has 1 aliphatic rings. The van der Waals surface area contributed by atoms with E-state index in [0.29, 0.717) is 17.0 Å². The first-order valence-electron chi connectivity index (χ1n) is 11.2. The number of carbonyl (C=O) groups excluding carboxylic acids is 2. The summed E-state index contributed by atoms with van der Waals surface area (Å²) in [7, 11) is 5.17. The van der Waals surface area contributed by atoms with Crippen LogP contribution in [-0.4, -0.2) is 61.6 Å². The van der Waals surface area contributed by atoms with Gasteiger partial charge in [0, 0.05) is 48.7 Å². The third-order valence-corrected chi connectivity index (χ3v) is 6.90. The molecule has 11 heteroatoms. The Hall–Kier alpha value is -2.62. The van der Waals surface area contributed by atoms with E-state index in [-0.39, 0.29) is 47.5 Å². The van der Waals surface area contributed by atoms with Gasteiger partial charge in [0.15, 0.2) is 0 Å². The topological polar surface area (TPSA) is 74.3 Å². The number of carbonyl (C=O) groups is 2. The Morgan fingerprint density at radius 3 is 2.39 bits per heavy atom. The van der Waals surface area contributed by atoms with E-state index in [1.54, 1.807) is 18.2 Å². The minimum atomic E-state index is -4.51. The minimum absolute atomic E-state index is 0.104. The number of hydrogen-bond acceptors (Lipinski definition) is 4. The SMILES string of the molecule is CNC(=O)c1ccc(C[C@@H](CNC(=O)/C=C(/c2cncc(Cl)c2)C2(C(F)(F)F)CC2)N(C)C)c(Cl)c1. The first-order valence-corrected chi connectivity index (χ1v) is 12.0. The van der Waals surface area contributed by atoms with E-state index in [4.69, 9.17) is 23.2 Å². The molecule has 2 N–H and O–H groups in total. The lowest BCUT2D eigenvalue weighted by atomic mass is 9.89. The number of nitrogens with zero attached hydrogens (tertiary/aromatic N) is 2. The smallest absolute Gasteiger partial charge is 0.355 e. The summed E-state index contributed by atoms with van der Waals surface area (Å²) < 4.78 is 41.7. The van der Waals surface area contributed by atoms with Crippen LogP contribution in [0.2, 0.25) is 10.0 Å².